The van der Waals surface area contributed by atoms with Gasteiger partial charge in [0, 0.05) is 23.5 Å². The van der Waals surface area contributed by atoms with Crippen molar-refractivity contribution in [3.05, 3.63) is 41.4 Å². The molecule has 0 aliphatic heterocycles. The molecule has 0 spiro atoms. The fourth-order valence-electron chi connectivity index (χ4n) is 1.33. The lowest BCUT2D eigenvalue weighted by atomic mass is 10.1. The van der Waals surface area contributed by atoms with Crippen molar-refractivity contribution in [1.29, 1.82) is 0 Å². The van der Waals surface area contributed by atoms with Gasteiger partial charge in [-0.05, 0) is 22.0 Å². The van der Waals surface area contributed by atoms with E-state index in [-0.39, 0.29) is 0 Å². The average molecular weight is 265 g/mol. The maximum Gasteiger partial charge on any atom is 0.196 e. The first-order valence-corrected chi connectivity index (χ1v) is 5.21. The number of halogens is 1. The zero-order valence-corrected chi connectivity index (χ0v) is 9.73. The number of hydrogen-bond acceptors (Lipinski definition) is 3. The Labute approximate surface area is 96.3 Å². The van der Waals surface area contributed by atoms with Crippen LogP contribution in [-0.4, -0.2) is 17.1 Å². The van der Waals surface area contributed by atoms with Crippen LogP contribution in [0.15, 0.2) is 41.4 Å². The van der Waals surface area contributed by atoms with Crippen LogP contribution in [0.1, 0.15) is 0 Å². The second kappa shape index (κ2) is 4.40. The summed E-state index contributed by atoms with van der Waals surface area (Å²) >= 11 is 3.20. The number of aromatic nitrogens is 2. The van der Waals surface area contributed by atoms with Gasteiger partial charge in [-0.15, -0.1) is 0 Å². The van der Waals surface area contributed by atoms with E-state index in [0.29, 0.717) is 4.73 Å². The van der Waals surface area contributed by atoms with Gasteiger partial charge in [-0.2, -0.15) is 0 Å². The van der Waals surface area contributed by atoms with Gasteiger partial charge in [0.05, 0.1) is 7.11 Å². The summed E-state index contributed by atoms with van der Waals surface area (Å²) in [5.74, 6) is 0.823. The molecule has 76 valence electrons. The summed E-state index contributed by atoms with van der Waals surface area (Å²) in [6, 6.07) is 7.78. The van der Waals surface area contributed by atoms with Crippen LogP contribution < -0.4 is 4.74 Å². The lowest BCUT2D eigenvalue weighted by molar-refractivity contribution is 0.416. The molecule has 0 fully saturated rings. The minimum Gasteiger partial charge on any atom is -0.496 e. The van der Waals surface area contributed by atoms with Gasteiger partial charge in [0.25, 0.3) is 0 Å². The van der Waals surface area contributed by atoms with Crippen molar-refractivity contribution >= 4 is 15.9 Å². The third-order valence-electron chi connectivity index (χ3n) is 2.04. The van der Waals surface area contributed by atoms with Gasteiger partial charge in [0.2, 0.25) is 0 Å². The Balaban J connectivity index is 2.49. The van der Waals surface area contributed by atoms with Crippen LogP contribution in [-0.2, 0) is 0 Å². The monoisotopic (exact) mass is 264 g/mol. The predicted octanol–water partition coefficient (Wildman–Crippen LogP) is 2.91. The van der Waals surface area contributed by atoms with E-state index in [1.165, 1.54) is 0 Å². The maximum atomic E-state index is 5.26. The van der Waals surface area contributed by atoms with Crippen LogP contribution in [0.2, 0.25) is 0 Å². The zero-order chi connectivity index (χ0) is 10.7. The highest BCUT2D eigenvalue weighted by atomic mass is 79.9. The molecule has 1 aromatic carbocycles. The smallest absolute Gasteiger partial charge is 0.196 e. The molecule has 0 bridgehead atoms. The van der Waals surface area contributed by atoms with E-state index in [1.807, 2.05) is 24.3 Å². The summed E-state index contributed by atoms with van der Waals surface area (Å²) < 4.78 is 5.85. The fourth-order valence-corrected chi connectivity index (χ4v) is 1.54. The number of para-hydroxylation sites is 1. The molecule has 4 heteroatoms. The molecule has 3 nitrogen and oxygen atoms in total. The summed E-state index contributed by atoms with van der Waals surface area (Å²) in [5.41, 5.74) is 1.93. The summed E-state index contributed by atoms with van der Waals surface area (Å²) in [5, 5.41) is 0. The molecule has 0 N–H and O–H groups in total. The van der Waals surface area contributed by atoms with E-state index >= 15 is 0 Å². The number of nitrogens with zero attached hydrogens (tertiary/aromatic N) is 2. The molecule has 0 saturated carbocycles. The molecule has 0 saturated heterocycles. The number of hydrogen-bond donors (Lipinski definition) is 0. The summed E-state index contributed by atoms with van der Waals surface area (Å²) in [7, 11) is 1.65. The van der Waals surface area contributed by atoms with Crippen molar-refractivity contribution in [3.63, 3.8) is 0 Å². The summed E-state index contributed by atoms with van der Waals surface area (Å²) in [6.45, 7) is 0. The Morgan fingerprint density at radius 2 is 1.80 bits per heavy atom. The topological polar surface area (TPSA) is 35.0 Å². The Kier molecular flexibility index (Phi) is 2.97. The van der Waals surface area contributed by atoms with Crippen LogP contribution in [0, 0.1) is 0 Å². The van der Waals surface area contributed by atoms with Gasteiger partial charge in [0.15, 0.2) is 4.73 Å². The summed E-state index contributed by atoms with van der Waals surface area (Å²) in [6.07, 6.45) is 3.52. The Morgan fingerprint density at radius 3 is 2.47 bits per heavy atom. The van der Waals surface area contributed by atoms with Gasteiger partial charge in [-0.25, -0.2) is 9.97 Å². The van der Waals surface area contributed by atoms with Crippen molar-refractivity contribution in [2.75, 3.05) is 7.11 Å². The molecule has 1 aromatic heterocycles. The van der Waals surface area contributed by atoms with E-state index in [0.717, 1.165) is 16.9 Å². The van der Waals surface area contributed by atoms with Crippen molar-refractivity contribution in [2.24, 2.45) is 0 Å². The first kappa shape index (κ1) is 10.1. The maximum absolute atomic E-state index is 5.26. The first-order valence-electron chi connectivity index (χ1n) is 4.42. The van der Waals surface area contributed by atoms with E-state index in [2.05, 4.69) is 25.9 Å². The van der Waals surface area contributed by atoms with Crippen molar-refractivity contribution < 1.29 is 4.74 Å². The van der Waals surface area contributed by atoms with E-state index < -0.39 is 0 Å². The van der Waals surface area contributed by atoms with Crippen molar-refractivity contribution in [3.8, 4) is 16.9 Å². The fraction of sp³-hybridized carbons (Fsp3) is 0.0909. The Morgan fingerprint density at radius 1 is 1.13 bits per heavy atom. The lowest BCUT2D eigenvalue weighted by Crippen LogP contribution is -1.89. The highest BCUT2D eigenvalue weighted by Crippen LogP contribution is 2.28. The largest absolute Gasteiger partial charge is 0.496 e. The third kappa shape index (κ3) is 2.15. The van der Waals surface area contributed by atoms with Crippen LogP contribution >= 0.6 is 15.9 Å². The number of rotatable bonds is 2. The predicted molar refractivity (Wildman–Crippen MR) is 61.7 cm³/mol. The highest BCUT2D eigenvalue weighted by Gasteiger charge is 2.04. The quantitative estimate of drug-likeness (QED) is 0.783. The van der Waals surface area contributed by atoms with Gasteiger partial charge < -0.3 is 4.74 Å². The molecular weight excluding hydrogens is 256 g/mol. The Hall–Kier alpha value is -1.42. The molecule has 0 amide bonds. The minimum atomic E-state index is 0.584. The molecule has 0 atom stereocenters. The standard InChI is InChI=1S/C11H9BrN2O/c1-15-10-5-3-2-4-9(10)8-6-13-11(12)14-7-8/h2-7H,1H3. The van der Waals surface area contributed by atoms with Gasteiger partial charge in [-0.3, -0.25) is 0 Å². The number of benzene rings is 1. The molecule has 2 aromatic rings. The number of ether oxygens (including phenoxy) is 1. The minimum absolute atomic E-state index is 0.584. The number of methoxy groups -OCH3 is 1. The highest BCUT2D eigenvalue weighted by molar-refractivity contribution is 9.10. The molecule has 1 heterocycles. The normalized spacial score (nSPS) is 10.0. The van der Waals surface area contributed by atoms with Crippen LogP contribution in [0.25, 0.3) is 11.1 Å². The van der Waals surface area contributed by atoms with Crippen LogP contribution in [0.3, 0.4) is 0 Å². The lowest BCUT2D eigenvalue weighted by Gasteiger charge is -2.06. The molecule has 0 aliphatic carbocycles. The van der Waals surface area contributed by atoms with Crippen LogP contribution in [0.5, 0.6) is 5.75 Å². The Bertz CT molecular complexity index is 456. The average Bonchev–Trinajstić information content (AvgIpc) is 2.30. The third-order valence-corrected chi connectivity index (χ3v) is 2.45. The van der Waals surface area contributed by atoms with Gasteiger partial charge in [-0.1, -0.05) is 18.2 Å². The van der Waals surface area contributed by atoms with E-state index in [9.17, 15) is 0 Å². The molecule has 2 rings (SSSR count). The second-order valence-corrected chi connectivity index (χ2v) is 3.65. The molecule has 0 radical (unpaired) electrons. The summed E-state index contributed by atoms with van der Waals surface area (Å²) in [4.78, 5) is 8.16. The van der Waals surface area contributed by atoms with Crippen molar-refractivity contribution in [1.82, 2.24) is 9.97 Å². The molecule has 0 aliphatic rings. The molecular formula is C11H9BrN2O. The van der Waals surface area contributed by atoms with Gasteiger partial charge >= 0.3 is 0 Å². The SMILES string of the molecule is COc1ccccc1-c1cnc(Br)nc1. The second-order valence-electron chi connectivity index (χ2n) is 2.94. The van der Waals surface area contributed by atoms with Crippen molar-refractivity contribution in [2.45, 2.75) is 0 Å². The van der Waals surface area contributed by atoms with E-state index in [1.54, 1.807) is 19.5 Å². The van der Waals surface area contributed by atoms with Gasteiger partial charge in [0.1, 0.15) is 5.75 Å². The first-order chi connectivity index (χ1) is 7.31. The van der Waals surface area contributed by atoms with Crippen LogP contribution in [0.4, 0.5) is 0 Å². The molecule has 15 heavy (non-hydrogen) atoms. The van der Waals surface area contributed by atoms with E-state index in [4.69, 9.17) is 4.74 Å². The zero-order valence-electron chi connectivity index (χ0n) is 8.14. The molecule has 0 unspecified atom stereocenters.